The van der Waals surface area contributed by atoms with E-state index in [1.54, 1.807) is 0 Å². The van der Waals surface area contributed by atoms with Crippen LogP contribution in [0.15, 0.2) is 0 Å². The van der Waals surface area contributed by atoms with Gasteiger partial charge >= 0.3 is 11.9 Å². The number of rotatable bonds is 9. The second kappa shape index (κ2) is 11.0. The molecule has 0 aromatic heterocycles. The van der Waals surface area contributed by atoms with Gasteiger partial charge in [0.15, 0.2) is 0 Å². The normalized spacial score (nSPS) is 10.7. The maximum Gasteiger partial charge on any atom is 0.326 e. The van der Waals surface area contributed by atoms with Crippen molar-refractivity contribution in [1.29, 1.82) is 0 Å². The number of esters is 1. The van der Waals surface area contributed by atoms with Gasteiger partial charge in [0.25, 0.3) is 0 Å². The van der Waals surface area contributed by atoms with Gasteiger partial charge in [-0.3, -0.25) is 9.59 Å². The van der Waals surface area contributed by atoms with Crippen molar-refractivity contribution in [3.8, 4) is 0 Å². The summed E-state index contributed by atoms with van der Waals surface area (Å²) in [6, 6.07) is 0. The molecule has 0 unspecified atom stereocenters. The minimum Gasteiger partial charge on any atom is -0.408 e. The van der Waals surface area contributed by atoms with E-state index in [1.165, 1.54) is 13.8 Å². The number of ketones is 1. The van der Waals surface area contributed by atoms with E-state index in [2.05, 4.69) is 0 Å². The Bertz CT molecular complexity index is 247. The van der Waals surface area contributed by atoms with Crippen LogP contribution in [0.3, 0.4) is 0 Å². The number of carbonyl (C=O) groups is 2. The number of hydrogen-bond donors (Lipinski definition) is 0. The van der Waals surface area contributed by atoms with Crippen molar-refractivity contribution in [2.75, 3.05) is 13.2 Å². The van der Waals surface area contributed by atoms with Crippen LogP contribution < -0.4 is 0 Å². The Balaban J connectivity index is 0. The molecule has 0 aliphatic carbocycles. The second-order valence-electron chi connectivity index (χ2n) is 3.91. The van der Waals surface area contributed by atoms with E-state index >= 15 is 0 Å². The van der Waals surface area contributed by atoms with Crippen LogP contribution in [0.5, 0.6) is 0 Å². The molecule has 5 nitrogen and oxygen atoms in total. The van der Waals surface area contributed by atoms with Crippen molar-refractivity contribution >= 4 is 11.8 Å². The summed E-state index contributed by atoms with van der Waals surface area (Å²) in [7, 11) is 0. The van der Waals surface area contributed by atoms with E-state index in [1.807, 2.05) is 13.8 Å². The van der Waals surface area contributed by atoms with E-state index in [0.29, 0.717) is 13.2 Å². The summed E-state index contributed by atoms with van der Waals surface area (Å²) in [5, 5.41) is 0. The molecule has 0 spiro atoms. The third kappa shape index (κ3) is 10.1. The van der Waals surface area contributed by atoms with E-state index in [4.69, 9.17) is 14.2 Å². The molecule has 0 fully saturated rings. The Morgan fingerprint density at radius 3 is 1.83 bits per heavy atom. The standard InChI is InChI=1S/C12H22O5.Y/c1-5-7-15-12(4,16-8-6-2)17-11(14)9-10(3)13;/h5-9H2,1-4H3;. The van der Waals surface area contributed by atoms with E-state index in [9.17, 15) is 9.59 Å². The first-order valence-corrected chi connectivity index (χ1v) is 5.92. The molecule has 0 saturated carbocycles. The van der Waals surface area contributed by atoms with Gasteiger partial charge < -0.3 is 14.2 Å². The Labute approximate surface area is 134 Å². The van der Waals surface area contributed by atoms with Crippen molar-refractivity contribution in [2.24, 2.45) is 0 Å². The fraction of sp³-hybridized carbons (Fsp3) is 0.833. The van der Waals surface area contributed by atoms with Gasteiger partial charge in [-0.1, -0.05) is 13.8 Å². The SMILES string of the molecule is CCCOC(C)(OCCC)OC(=O)CC(C)=O.[Y]. The topological polar surface area (TPSA) is 61.8 Å². The zero-order valence-electron chi connectivity index (χ0n) is 11.7. The molecule has 0 aromatic rings. The number of ether oxygens (including phenoxy) is 3. The number of Topliss-reactive ketones (excluding diaryl/α,β-unsaturated/α-hetero) is 1. The first-order chi connectivity index (χ1) is 7.93. The van der Waals surface area contributed by atoms with Crippen molar-refractivity contribution in [1.82, 2.24) is 0 Å². The van der Waals surface area contributed by atoms with Crippen LogP contribution in [0.25, 0.3) is 0 Å². The molecule has 0 aliphatic rings. The van der Waals surface area contributed by atoms with Crippen LogP contribution in [-0.4, -0.2) is 30.9 Å². The molecule has 0 bridgehead atoms. The van der Waals surface area contributed by atoms with Crippen molar-refractivity contribution in [3.63, 3.8) is 0 Å². The maximum absolute atomic E-state index is 11.4. The molecule has 0 aromatic carbocycles. The summed E-state index contributed by atoms with van der Waals surface area (Å²) < 4.78 is 15.8. The van der Waals surface area contributed by atoms with Crippen LogP contribution in [0.4, 0.5) is 0 Å². The fourth-order valence-corrected chi connectivity index (χ4v) is 1.12. The van der Waals surface area contributed by atoms with Gasteiger partial charge in [-0.05, 0) is 19.8 Å². The van der Waals surface area contributed by atoms with Crippen LogP contribution in [-0.2, 0) is 56.5 Å². The van der Waals surface area contributed by atoms with Crippen molar-refractivity contribution in [2.45, 2.75) is 52.9 Å². The maximum atomic E-state index is 11.4. The quantitative estimate of drug-likeness (QED) is 0.367. The Morgan fingerprint density at radius 2 is 1.50 bits per heavy atom. The van der Waals surface area contributed by atoms with E-state index < -0.39 is 11.9 Å². The van der Waals surface area contributed by atoms with Gasteiger partial charge in [0, 0.05) is 39.6 Å². The molecular formula is C12H22O5Y. The Morgan fingerprint density at radius 1 is 1.06 bits per heavy atom. The fourth-order valence-electron chi connectivity index (χ4n) is 1.12. The van der Waals surface area contributed by atoms with E-state index in [0.717, 1.165) is 12.8 Å². The molecule has 6 heteroatoms. The monoisotopic (exact) mass is 335 g/mol. The number of hydrogen-bond acceptors (Lipinski definition) is 5. The van der Waals surface area contributed by atoms with Gasteiger partial charge in [0.05, 0.1) is 13.2 Å². The van der Waals surface area contributed by atoms with Crippen LogP contribution in [0.1, 0.15) is 47.0 Å². The van der Waals surface area contributed by atoms with Crippen LogP contribution in [0, 0.1) is 0 Å². The summed E-state index contributed by atoms with van der Waals surface area (Å²) in [5.74, 6) is -2.27. The summed E-state index contributed by atoms with van der Waals surface area (Å²) in [6.07, 6.45) is 1.31. The summed E-state index contributed by atoms with van der Waals surface area (Å²) in [5.41, 5.74) is 0. The average Bonchev–Trinajstić information content (AvgIpc) is 2.22. The largest absolute Gasteiger partial charge is 0.408 e. The first kappa shape index (κ1) is 20.5. The Hall–Kier alpha value is 0.164. The zero-order chi connectivity index (χ0) is 13.3. The summed E-state index contributed by atoms with van der Waals surface area (Å²) in [4.78, 5) is 22.2. The third-order valence-electron chi connectivity index (χ3n) is 1.83. The molecular weight excluding hydrogens is 313 g/mol. The molecule has 18 heavy (non-hydrogen) atoms. The third-order valence-corrected chi connectivity index (χ3v) is 1.83. The molecule has 0 amide bonds. The summed E-state index contributed by atoms with van der Waals surface area (Å²) in [6.45, 7) is 7.60. The Kier molecular flexibility index (Phi) is 12.5. The van der Waals surface area contributed by atoms with Crippen molar-refractivity contribution in [3.05, 3.63) is 0 Å². The van der Waals surface area contributed by atoms with Gasteiger partial charge in [-0.15, -0.1) is 0 Å². The molecule has 0 saturated heterocycles. The number of carbonyl (C=O) groups excluding carboxylic acids is 2. The summed E-state index contributed by atoms with van der Waals surface area (Å²) >= 11 is 0. The minimum atomic E-state index is -1.39. The van der Waals surface area contributed by atoms with Gasteiger partial charge in [0.2, 0.25) is 0 Å². The van der Waals surface area contributed by atoms with Gasteiger partial charge in [-0.2, -0.15) is 0 Å². The molecule has 1 radical (unpaired) electrons. The van der Waals surface area contributed by atoms with Crippen molar-refractivity contribution < 1.29 is 56.5 Å². The minimum absolute atomic E-state index is 0. The predicted molar refractivity (Wildman–Crippen MR) is 62.3 cm³/mol. The molecule has 0 heterocycles. The average molecular weight is 335 g/mol. The predicted octanol–water partition coefficient (Wildman–Crippen LogP) is 2.03. The first-order valence-electron chi connectivity index (χ1n) is 5.92. The van der Waals surface area contributed by atoms with Crippen LogP contribution in [0.2, 0.25) is 0 Å². The smallest absolute Gasteiger partial charge is 0.326 e. The second-order valence-corrected chi connectivity index (χ2v) is 3.91. The van der Waals surface area contributed by atoms with Crippen LogP contribution >= 0.6 is 0 Å². The zero-order valence-corrected chi connectivity index (χ0v) is 14.5. The van der Waals surface area contributed by atoms with Gasteiger partial charge in [-0.25, -0.2) is 0 Å². The molecule has 0 N–H and O–H groups in total. The van der Waals surface area contributed by atoms with Gasteiger partial charge in [0.1, 0.15) is 12.2 Å². The molecule has 0 rings (SSSR count). The molecule has 0 aliphatic heterocycles. The molecule has 0 atom stereocenters. The molecule has 103 valence electrons. The van der Waals surface area contributed by atoms with E-state index in [-0.39, 0.29) is 44.9 Å².